The average molecular weight is 264 g/mol. The van der Waals surface area contributed by atoms with Crippen molar-refractivity contribution in [2.75, 3.05) is 13.7 Å². The number of hydrogen-bond donors (Lipinski definition) is 1. The fourth-order valence-corrected chi connectivity index (χ4v) is 1.35. The van der Waals surface area contributed by atoms with E-state index in [4.69, 9.17) is 16.7 Å². The van der Waals surface area contributed by atoms with Gasteiger partial charge in [-0.2, -0.15) is 0 Å². The molecular weight excluding hydrogens is 252 g/mol. The third kappa shape index (κ3) is 2.92. The zero-order valence-corrected chi connectivity index (χ0v) is 10.1. The zero-order valence-electron chi connectivity index (χ0n) is 9.38. The molecule has 1 aromatic carbocycles. The molecule has 17 heavy (non-hydrogen) atoms. The molecular formula is C11H12ClF2NO2. The number of carbonyl (C=O) groups excluding carboxylic acids is 1. The first-order chi connectivity index (χ1) is 7.88. The molecule has 0 saturated heterocycles. The van der Waals surface area contributed by atoms with Gasteiger partial charge in [0.05, 0.1) is 23.2 Å². The number of nitrogens with zero attached hydrogens (tertiary/aromatic N) is 1. The Balaban J connectivity index is 3.08. The monoisotopic (exact) mass is 263 g/mol. The molecule has 0 spiro atoms. The van der Waals surface area contributed by atoms with E-state index in [-0.39, 0.29) is 11.6 Å². The molecule has 0 fully saturated rings. The summed E-state index contributed by atoms with van der Waals surface area (Å²) in [7, 11) is 1.40. The molecule has 1 amide bonds. The predicted octanol–water partition coefficient (Wildman–Crippen LogP) is 2.07. The van der Waals surface area contributed by atoms with Gasteiger partial charge in [0.2, 0.25) is 0 Å². The summed E-state index contributed by atoms with van der Waals surface area (Å²) in [4.78, 5) is 12.9. The number of aliphatic hydroxyl groups excluding tert-OH is 1. The lowest BCUT2D eigenvalue weighted by molar-refractivity contribution is 0.0677. The Bertz CT molecular complexity index is 440. The van der Waals surface area contributed by atoms with E-state index < -0.39 is 29.1 Å². The number of amides is 1. The average Bonchev–Trinajstić information content (AvgIpc) is 2.31. The first-order valence-electron chi connectivity index (χ1n) is 4.91. The minimum absolute atomic E-state index is 0.264. The van der Waals surface area contributed by atoms with Crippen LogP contribution in [-0.2, 0) is 0 Å². The van der Waals surface area contributed by atoms with E-state index >= 15 is 0 Å². The summed E-state index contributed by atoms with van der Waals surface area (Å²) in [6.45, 7) is 1.32. The van der Waals surface area contributed by atoms with Gasteiger partial charge in [0, 0.05) is 7.05 Å². The van der Waals surface area contributed by atoms with Crippen molar-refractivity contribution in [1.29, 1.82) is 0 Å². The quantitative estimate of drug-likeness (QED) is 0.848. The topological polar surface area (TPSA) is 40.5 Å². The van der Waals surface area contributed by atoms with Crippen LogP contribution in [0.15, 0.2) is 12.1 Å². The van der Waals surface area contributed by atoms with Crippen molar-refractivity contribution in [3.63, 3.8) is 0 Å². The summed E-state index contributed by atoms with van der Waals surface area (Å²) in [6, 6.07) is 1.02. The Morgan fingerprint density at radius 2 is 2.06 bits per heavy atom. The number of likely N-dealkylation sites (N-methyl/N-ethyl adjacent to an activating group) is 1. The fourth-order valence-electron chi connectivity index (χ4n) is 1.20. The van der Waals surface area contributed by atoms with Gasteiger partial charge in [0.1, 0.15) is 11.6 Å². The first-order valence-corrected chi connectivity index (χ1v) is 5.28. The molecule has 0 aliphatic rings. The highest BCUT2D eigenvalue weighted by Gasteiger charge is 2.21. The zero-order chi connectivity index (χ0) is 13.2. The van der Waals surface area contributed by atoms with Crippen LogP contribution < -0.4 is 0 Å². The summed E-state index contributed by atoms with van der Waals surface area (Å²) in [6.07, 6.45) is 0. The van der Waals surface area contributed by atoms with Gasteiger partial charge in [-0.15, -0.1) is 0 Å². The van der Waals surface area contributed by atoms with E-state index in [1.165, 1.54) is 7.05 Å². The van der Waals surface area contributed by atoms with Crippen LogP contribution in [0.4, 0.5) is 8.78 Å². The molecule has 0 aliphatic carbocycles. The molecule has 1 aromatic rings. The Kier molecular flexibility index (Phi) is 4.42. The largest absolute Gasteiger partial charge is 0.394 e. The van der Waals surface area contributed by atoms with Crippen molar-refractivity contribution < 1.29 is 18.7 Å². The lowest BCUT2D eigenvalue weighted by Crippen LogP contribution is -2.37. The Morgan fingerprint density at radius 1 is 1.47 bits per heavy atom. The molecule has 94 valence electrons. The molecule has 1 atom stereocenters. The van der Waals surface area contributed by atoms with E-state index in [0.29, 0.717) is 0 Å². The van der Waals surface area contributed by atoms with Crippen LogP contribution in [-0.4, -0.2) is 35.6 Å². The first kappa shape index (κ1) is 13.9. The van der Waals surface area contributed by atoms with Gasteiger partial charge in [-0.05, 0) is 19.1 Å². The molecule has 1 rings (SSSR count). The summed E-state index contributed by atoms with van der Waals surface area (Å²) < 4.78 is 26.6. The number of rotatable bonds is 3. The van der Waals surface area contributed by atoms with Crippen molar-refractivity contribution in [2.45, 2.75) is 13.0 Å². The Morgan fingerprint density at radius 3 is 2.59 bits per heavy atom. The molecule has 0 aromatic heterocycles. The summed E-state index contributed by atoms with van der Waals surface area (Å²) in [5.74, 6) is -2.46. The van der Waals surface area contributed by atoms with Crippen molar-refractivity contribution in [1.82, 2.24) is 4.90 Å². The lowest BCUT2D eigenvalue weighted by atomic mass is 10.1. The second-order valence-corrected chi connectivity index (χ2v) is 4.10. The molecule has 1 unspecified atom stereocenters. The van der Waals surface area contributed by atoms with E-state index in [0.717, 1.165) is 17.0 Å². The summed E-state index contributed by atoms with van der Waals surface area (Å²) in [5, 5.41) is 8.51. The molecule has 0 bridgehead atoms. The van der Waals surface area contributed by atoms with Crippen LogP contribution >= 0.6 is 11.6 Å². The highest BCUT2D eigenvalue weighted by molar-refractivity contribution is 6.30. The van der Waals surface area contributed by atoms with Crippen molar-refractivity contribution in [3.8, 4) is 0 Å². The Labute approximate surface area is 103 Å². The van der Waals surface area contributed by atoms with Gasteiger partial charge in [-0.3, -0.25) is 4.79 Å². The SMILES string of the molecule is CC(CO)N(C)C(=O)c1cc(F)c(Cl)cc1F. The van der Waals surface area contributed by atoms with E-state index in [2.05, 4.69) is 0 Å². The van der Waals surface area contributed by atoms with Gasteiger partial charge in [0.25, 0.3) is 5.91 Å². The van der Waals surface area contributed by atoms with Crippen molar-refractivity contribution in [2.24, 2.45) is 0 Å². The van der Waals surface area contributed by atoms with Gasteiger partial charge in [-0.25, -0.2) is 8.78 Å². The van der Waals surface area contributed by atoms with Crippen LogP contribution in [0, 0.1) is 11.6 Å². The number of benzene rings is 1. The third-order valence-corrected chi connectivity index (χ3v) is 2.78. The molecule has 0 saturated carbocycles. The van der Waals surface area contributed by atoms with E-state index in [1.807, 2.05) is 0 Å². The smallest absolute Gasteiger partial charge is 0.256 e. The summed E-state index contributed by atoms with van der Waals surface area (Å²) >= 11 is 5.38. The molecule has 0 radical (unpaired) electrons. The van der Waals surface area contributed by atoms with Gasteiger partial charge >= 0.3 is 0 Å². The molecule has 3 nitrogen and oxygen atoms in total. The molecule has 1 N–H and O–H groups in total. The van der Waals surface area contributed by atoms with E-state index in [1.54, 1.807) is 6.92 Å². The predicted molar refractivity (Wildman–Crippen MR) is 60.0 cm³/mol. The number of hydrogen-bond acceptors (Lipinski definition) is 2. The van der Waals surface area contributed by atoms with Gasteiger partial charge in [-0.1, -0.05) is 11.6 Å². The Hall–Kier alpha value is -1.20. The van der Waals surface area contributed by atoms with Crippen molar-refractivity contribution in [3.05, 3.63) is 34.4 Å². The third-order valence-electron chi connectivity index (χ3n) is 2.49. The summed E-state index contributed by atoms with van der Waals surface area (Å²) in [5.41, 5.74) is -0.408. The van der Waals surface area contributed by atoms with Crippen LogP contribution in [0.25, 0.3) is 0 Å². The number of aliphatic hydroxyl groups is 1. The minimum Gasteiger partial charge on any atom is -0.394 e. The minimum atomic E-state index is -0.890. The van der Waals surface area contributed by atoms with Crippen LogP contribution in [0.5, 0.6) is 0 Å². The van der Waals surface area contributed by atoms with E-state index in [9.17, 15) is 13.6 Å². The second kappa shape index (κ2) is 5.42. The number of halogens is 3. The standard InChI is InChI=1S/C11H12ClF2NO2/c1-6(5-16)15(2)11(17)7-3-10(14)8(12)4-9(7)13/h3-4,6,16H,5H2,1-2H3. The van der Waals surface area contributed by atoms with Crippen molar-refractivity contribution >= 4 is 17.5 Å². The second-order valence-electron chi connectivity index (χ2n) is 3.69. The van der Waals surface area contributed by atoms with Gasteiger partial charge in [0.15, 0.2) is 0 Å². The normalized spacial score (nSPS) is 12.4. The fraction of sp³-hybridized carbons (Fsp3) is 0.364. The maximum Gasteiger partial charge on any atom is 0.256 e. The van der Waals surface area contributed by atoms with Crippen LogP contribution in [0.3, 0.4) is 0 Å². The van der Waals surface area contributed by atoms with Crippen LogP contribution in [0.2, 0.25) is 5.02 Å². The molecule has 0 aliphatic heterocycles. The number of carbonyl (C=O) groups is 1. The van der Waals surface area contributed by atoms with Gasteiger partial charge < -0.3 is 10.0 Å². The maximum atomic E-state index is 13.4. The maximum absolute atomic E-state index is 13.4. The molecule has 0 heterocycles. The lowest BCUT2D eigenvalue weighted by Gasteiger charge is -2.23. The highest BCUT2D eigenvalue weighted by atomic mass is 35.5. The van der Waals surface area contributed by atoms with Crippen LogP contribution in [0.1, 0.15) is 17.3 Å². The molecule has 6 heteroatoms. The highest BCUT2D eigenvalue weighted by Crippen LogP contribution is 2.20.